The van der Waals surface area contributed by atoms with E-state index in [0.29, 0.717) is 30.0 Å². The maximum atomic E-state index is 14.2. The van der Waals surface area contributed by atoms with Crippen LogP contribution in [0.4, 0.5) is 10.1 Å². The highest BCUT2D eigenvalue weighted by Crippen LogP contribution is 2.20. The number of non-ortho nitro benzene ring substituents is 1. The molecule has 0 atom stereocenters. The topological polar surface area (TPSA) is 97.4 Å². The smallest absolute Gasteiger partial charge is 0.276 e. The first-order valence-electron chi connectivity index (χ1n) is 9.62. The van der Waals surface area contributed by atoms with Crippen LogP contribution in [0, 0.1) is 22.9 Å². The number of nitro benzene ring substituents is 1. The Morgan fingerprint density at radius 1 is 1.16 bits per heavy atom. The quantitative estimate of drug-likeness (QED) is 0.406. The SMILES string of the molecule is Cc1c(C(=O)N(CCN(C)C)Cc2ccccc2F)nnn1-c1cccc([N+](=O)[O-])c1. The van der Waals surface area contributed by atoms with Gasteiger partial charge in [-0.3, -0.25) is 14.9 Å². The van der Waals surface area contributed by atoms with E-state index in [4.69, 9.17) is 0 Å². The number of benzene rings is 2. The summed E-state index contributed by atoms with van der Waals surface area (Å²) in [6.45, 7) is 2.70. The summed E-state index contributed by atoms with van der Waals surface area (Å²) in [5, 5.41) is 19.1. The molecule has 0 aliphatic carbocycles. The van der Waals surface area contributed by atoms with Gasteiger partial charge in [0.2, 0.25) is 0 Å². The van der Waals surface area contributed by atoms with E-state index in [2.05, 4.69) is 10.3 Å². The molecule has 0 fully saturated rings. The second kappa shape index (κ2) is 9.43. The molecule has 0 saturated heterocycles. The monoisotopic (exact) mass is 426 g/mol. The number of halogens is 1. The fourth-order valence-corrected chi connectivity index (χ4v) is 3.07. The van der Waals surface area contributed by atoms with Gasteiger partial charge >= 0.3 is 0 Å². The van der Waals surface area contributed by atoms with Crippen LogP contribution in [-0.2, 0) is 6.54 Å². The number of hydrogen-bond donors (Lipinski definition) is 0. The molecule has 1 aromatic heterocycles. The first-order valence-corrected chi connectivity index (χ1v) is 9.62. The highest BCUT2D eigenvalue weighted by Gasteiger charge is 2.24. The Kier molecular flexibility index (Phi) is 6.71. The summed E-state index contributed by atoms with van der Waals surface area (Å²) in [5.41, 5.74) is 1.29. The number of nitro groups is 1. The van der Waals surface area contributed by atoms with Gasteiger partial charge in [-0.25, -0.2) is 9.07 Å². The van der Waals surface area contributed by atoms with E-state index in [1.54, 1.807) is 31.2 Å². The number of nitrogens with zero attached hydrogens (tertiary/aromatic N) is 6. The van der Waals surface area contributed by atoms with Crippen LogP contribution in [0.3, 0.4) is 0 Å². The molecule has 0 unspecified atom stereocenters. The maximum absolute atomic E-state index is 14.2. The lowest BCUT2D eigenvalue weighted by Gasteiger charge is -2.24. The summed E-state index contributed by atoms with van der Waals surface area (Å²) in [5.74, 6) is -0.776. The summed E-state index contributed by atoms with van der Waals surface area (Å²) < 4.78 is 15.6. The minimum atomic E-state index is -0.501. The first kappa shape index (κ1) is 22.0. The van der Waals surface area contributed by atoms with Crippen LogP contribution < -0.4 is 0 Å². The number of rotatable bonds is 8. The molecule has 0 N–H and O–H groups in total. The van der Waals surface area contributed by atoms with Crippen molar-refractivity contribution in [1.82, 2.24) is 24.8 Å². The van der Waals surface area contributed by atoms with E-state index >= 15 is 0 Å². The molecule has 31 heavy (non-hydrogen) atoms. The van der Waals surface area contributed by atoms with E-state index in [1.165, 1.54) is 33.8 Å². The molecular weight excluding hydrogens is 403 g/mol. The Balaban J connectivity index is 1.92. The van der Waals surface area contributed by atoms with Crippen LogP contribution in [0.15, 0.2) is 48.5 Å². The molecule has 0 bridgehead atoms. The summed E-state index contributed by atoms with van der Waals surface area (Å²) in [6.07, 6.45) is 0. The Labute approximate surface area is 178 Å². The van der Waals surface area contributed by atoms with Crippen molar-refractivity contribution in [1.29, 1.82) is 0 Å². The van der Waals surface area contributed by atoms with Gasteiger partial charge in [0.25, 0.3) is 11.6 Å². The molecule has 162 valence electrons. The Hall–Kier alpha value is -3.66. The summed E-state index contributed by atoms with van der Waals surface area (Å²) in [6, 6.07) is 12.2. The van der Waals surface area contributed by atoms with Gasteiger partial charge < -0.3 is 9.80 Å². The third kappa shape index (κ3) is 5.10. The van der Waals surface area contributed by atoms with Crippen molar-refractivity contribution in [3.05, 3.63) is 81.4 Å². The zero-order valence-electron chi connectivity index (χ0n) is 17.5. The maximum Gasteiger partial charge on any atom is 0.276 e. The Bertz CT molecular complexity index is 1100. The fourth-order valence-electron chi connectivity index (χ4n) is 3.07. The third-order valence-corrected chi connectivity index (χ3v) is 4.81. The number of carbonyl (C=O) groups is 1. The van der Waals surface area contributed by atoms with Crippen LogP contribution in [0.2, 0.25) is 0 Å². The lowest BCUT2D eigenvalue weighted by molar-refractivity contribution is -0.384. The number of amides is 1. The zero-order valence-corrected chi connectivity index (χ0v) is 17.5. The average Bonchev–Trinajstić information content (AvgIpc) is 3.13. The Morgan fingerprint density at radius 2 is 1.90 bits per heavy atom. The molecule has 0 aliphatic heterocycles. The molecule has 0 saturated carbocycles. The van der Waals surface area contributed by atoms with Crippen LogP contribution in [0.1, 0.15) is 21.7 Å². The van der Waals surface area contributed by atoms with Crippen molar-refractivity contribution in [2.24, 2.45) is 0 Å². The van der Waals surface area contributed by atoms with Crippen molar-refractivity contribution in [2.45, 2.75) is 13.5 Å². The molecule has 9 nitrogen and oxygen atoms in total. The molecule has 3 aromatic rings. The normalized spacial score (nSPS) is 11.0. The van der Waals surface area contributed by atoms with Crippen LogP contribution in [-0.4, -0.2) is 62.8 Å². The molecule has 0 radical (unpaired) electrons. The third-order valence-electron chi connectivity index (χ3n) is 4.81. The number of hydrogen-bond acceptors (Lipinski definition) is 6. The lowest BCUT2D eigenvalue weighted by Crippen LogP contribution is -2.37. The average molecular weight is 426 g/mol. The minimum absolute atomic E-state index is 0.0858. The van der Waals surface area contributed by atoms with Gasteiger partial charge in [-0.05, 0) is 33.2 Å². The molecule has 3 rings (SSSR count). The number of aromatic nitrogens is 3. The van der Waals surface area contributed by atoms with Crippen molar-refractivity contribution in [2.75, 3.05) is 27.2 Å². The van der Waals surface area contributed by atoms with Crippen molar-refractivity contribution < 1.29 is 14.1 Å². The van der Waals surface area contributed by atoms with Crippen LogP contribution in [0.5, 0.6) is 0 Å². The van der Waals surface area contributed by atoms with Crippen molar-refractivity contribution in [3.63, 3.8) is 0 Å². The minimum Gasteiger partial charge on any atom is -0.331 e. The predicted molar refractivity (Wildman–Crippen MR) is 112 cm³/mol. The number of carbonyl (C=O) groups excluding carboxylic acids is 1. The van der Waals surface area contributed by atoms with Gasteiger partial charge in [0.05, 0.1) is 16.3 Å². The van der Waals surface area contributed by atoms with Crippen molar-refractivity contribution >= 4 is 11.6 Å². The standard InChI is InChI=1S/C21H23FN6O3/c1-15-20(23-24-27(15)17-8-6-9-18(13-17)28(30)31)21(29)26(12-11-25(2)3)14-16-7-4-5-10-19(16)22/h4-10,13H,11-12,14H2,1-3H3. The first-order chi connectivity index (χ1) is 14.8. The molecule has 1 amide bonds. The molecule has 2 aromatic carbocycles. The van der Waals surface area contributed by atoms with E-state index in [0.717, 1.165) is 0 Å². The predicted octanol–water partition coefficient (Wildman–Crippen LogP) is 2.83. The fraction of sp³-hybridized carbons (Fsp3) is 0.286. The zero-order chi connectivity index (χ0) is 22.5. The molecule has 0 aliphatic rings. The van der Waals surface area contributed by atoms with Crippen LogP contribution >= 0.6 is 0 Å². The summed E-state index contributed by atoms with van der Waals surface area (Å²) in [4.78, 5) is 27.3. The van der Waals surface area contributed by atoms with Gasteiger partial charge in [-0.15, -0.1) is 5.10 Å². The van der Waals surface area contributed by atoms with E-state index < -0.39 is 4.92 Å². The molecular formula is C21H23FN6O3. The highest BCUT2D eigenvalue weighted by atomic mass is 19.1. The highest BCUT2D eigenvalue weighted by molar-refractivity contribution is 5.93. The van der Waals surface area contributed by atoms with Gasteiger partial charge in [-0.2, -0.15) is 0 Å². The van der Waals surface area contributed by atoms with Gasteiger partial charge in [0.1, 0.15) is 5.82 Å². The molecule has 10 heteroatoms. The van der Waals surface area contributed by atoms with Gasteiger partial charge in [0, 0.05) is 37.3 Å². The van der Waals surface area contributed by atoms with Gasteiger partial charge in [-0.1, -0.05) is 29.5 Å². The van der Waals surface area contributed by atoms with Crippen LogP contribution in [0.25, 0.3) is 5.69 Å². The lowest BCUT2D eigenvalue weighted by atomic mass is 10.2. The molecule has 0 spiro atoms. The Morgan fingerprint density at radius 3 is 2.58 bits per heavy atom. The summed E-state index contributed by atoms with van der Waals surface area (Å²) in [7, 11) is 3.77. The largest absolute Gasteiger partial charge is 0.331 e. The molecule has 1 heterocycles. The van der Waals surface area contributed by atoms with Crippen molar-refractivity contribution in [3.8, 4) is 5.69 Å². The van der Waals surface area contributed by atoms with E-state index in [-0.39, 0.29) is 29.7 Å². The van der Waals surface area contributed by atoms with Gasteiger partial charge in [0.15, 0.2) is 5.69 Å². The van der Waals surface area contributed by atoms with E-state index in [9.17, 15) is 19.3 Å². The summed E-state index contributed by atoms with van der Waals surface area (Å²) >= 11 is 0. The number of likely N-dealkylation sites (N-methyl/N-ethyl adjacent to an activating group) is 1. The second-order valence-corrected chi connectivity index (χ2v) is 7.33. The van der Waals surface area contributed by atoms with E-state index in [1.807, 2.05) is 19.0 Å². The second-order valence-electron chi connectivity index (χ2n) is 7.33.